The van der Waals surface area contributed by atoms with Gasteiger partial charge in [-0.3, -0.25) is 5.10 Å². The number of aryl methyl sites for hydroxylation is 1. The molecular formula is C14H11F2N5. The minimum absolute atomic E-state index is 0.432. The standard InChI is InChI=1S/C14H11F2N5/c15-8-4-7-11(5-9(8)16)20-21-13(7)12-6-18-14-10(19-12)2-1-3-17-14/h4-6H,1-3H2,(H,17,18)(H,20,21). The Morgan fingerprint density at radius 2 is 2.00 bits per heavy atom. The summed E-state index contributed by atoms with van der Waals surface area (Å²) in [7, 11) is 0. The van der Waals surface area contributed by atoms with Crippen LogP contribution in [-0.4, -0.2) is 26.7 Å². The summed E-state index contributed by atoms with van der Waals surface area (Å²) in [5, 5.41) is 10.5. The number of fused-ring (bicyclic) bond motifs is 2. The second kappa shape index (κ2) is 4.47. The van der Waals surface area contributed by atoms with Gasteiger partial charge in [0, 0.05) is 18.0 Å². The van der Waals surface area contributed by atoms with Crippen LogP contribution in [0.4, 0.5) is 14.6 Å². The van der Waals surface area contributed by atoms with Gasteiger partial charge in [-0.05, 0) is 18.9 Å². The highest BCUT2D eigenvalue weighted by Gasteiger charge is 2.17. The molecule has 0 saturated carbocycles. The third-order valence-electron chi connectivity index (χ3n) is 3.57. The molecular weight excluding hydrogens is 276 g/mol. The van der Waals surface area contributed by atoms with E-state index in [4.69, 9.17) is 0 Å². The zero-order valence-corrected chi connectivity index (χ0v) is 11.0. The van der Waals surface area contributed by atoms with Crippen molar-refractivity contribution in [2.45, 2.75) is 12.8 Å². The largest absolute Gasteiger partial charge is 0.369 e. The Hall–Kier alpha value is -2.57. The van der Waals surface area contributed by atoms with Gasteiger partial charge in [0.15, 0.2) is 11.6 Å². The second-order valence-corrected chi connectivity index (χ2v) is 4.96. The van der Waals surface area contributed by atoms with Gasteiger partial charge < -0.3 is 5.32 Å². The third kappa shape index (κ3) is 1.93. The van der Waals surface area contributed by atoms with Crippen LogP contribution in [0.1, 0.15) is 12.1 Å². The maximum Gasteiger partial charge on any atom is 0.160 e. The van der Waals surface area contributed by atoms with E-state index in [1.165, 1.54) is 0 Å². The fourth-order valence-corrected chi connectivity index (χ4v) is 2.53. The van der Waals surface area contributed by atoms with Crippen molar-refractivity contribution in [1.82, 2.24) is 20.2 Å². The van der Waals surface area contributed by atoms with E-state index in [-0.39, 0.29) is 0 Å². The van der Waals surface area contributed by atoms with Crippen LogP contribution in [0.2, 0.25) is 0 Å². The Labute approximate surface area is 118 Å². The van der Waals surface area contributed by atoms with Gasteiger partial charge >= 0.3 is 0 Å². The Bertz CT molecular complexity index is 843. The number of benzene rings is 1. The van der Waals surface area contributed by atoms with Crippen molar-refractivity contribution in [3.05, 3.63) is 35.7 Å². The summed E-state index contributed by atoms with van der Waals surface area (Å²) in [6.07, 6.45) is 3.43. The van der Waals surface area contributed by atoms with Gasteiger partial charge in [-0.25, -0.2) is 18.7 Å². The van der Waals surface area contributed by atoms with E-state index in [1.807, 2.05) is 0 Å². The van der Waals surface area contributed by atoms with Crippen LogP contribution in [0.5, 0.6) is 0 Å². The highest BCUT2D eigenvalue weighted by atomic mass is 19.2. The molecule has 0 unspecified atom stereocenters. The lowest BCUT2D eigenvalue weighted by molar-refractivity contribution is 0.511. The maximum atomic E-state index is 13.4. The van der Waals surface area contributed by atoms with Gasteiger partial charge in [-0.2, -0.15) is 5.10 Å². The van der Waals surface area contributed by atoms with Gasteiger partial charge in [0.25, 0.3) is 0 Å². The van der Waals surface area contributed by atoms with Crippen molar-refractivity contribution in [1.29, 1.82) is 0 Å². The molecule has 0 fully saturated rings. The van der Waals surface area contributed by atoms with Crippen molar-refractivity contribution in [2.24, 2.45) is 0 Å². The first-order valence-corrected chi connectivity index (χ1v) is 6.65. The smallest absolute Gasteiger partial charge is 0.160 e. The van der Waals surface area contributed by atoms with Crippen molar-refractivity contribution in [3.8, 4) is 11.4 Å². The van der Waals surface area contributed by atoms with Gasteiger partial charge in [0.2, 0.25) is 0 Å². The summed E-state index contributed by atoms with van der Waals surface area (Å²) in [5.41, 5.74) is 2.33. The first-order valence-electron chi connectivity index (χ1n) is 6.65. The van der Waals surface area contributed by atoms with Gasteiger partial charge in [-0.1, -0.05) is 0 Å². The molecule has 2 aromatic heterocycles. The molecule has 0 amide bonds. The molecule has 0 bridgehead atoms. The monoisotopic (exact) mass is 287 g/mol. The summed E-state index contributed by atoms with van der Waals surface area (Å²) >= 11 is 0. The lowest BCUT2D eigenvalue weighted by Crippen LogP contribution is -2.15. The molecule has 7 heteroatoms. The molecule has 1 aliphatic heterocycles. The van der Waals surface area contributed by atoms with Gasteiger partial charge in [0.05, 0.1) is 17.4 Å². The summed E-state index contributed by atoms with van der Waals surface area (Å²) in [6, 6.07) is 2.22. The predicted molar refractivity (Wildman–Crippen MR) is 73.8 cm³/mol. The van der Waals surface area contributed by atoms with E-state index in [0.29, 0.717) is 22.3 Å². The van der Waals surface area contributed by atoms with E-state index in [9.17, 15) is 8.78 Å². The number of anilines is 1. The van der Waals surface area contributed by atoms with Crippen molar-refractivity contribution in [3.63, 3.8) is 0 Å². The molecule has 0 atom stereocenters. The minimum atomic E-state index is -0.905. The lowest BCUT2D eigenvalue weighted by atomic mass is 10.1. The molecule has 5 nitrogen and oxygen atoms in total. The summed E-state index contributed by atoms with van der Waals surface area (Å²) in [5.74, 6) is -1.03. The van der Waals surface area contributed by atoms with Crippen molar-refractivity contribution in [2.75, 3.05) is 11.9 Å². The third-order valence-corrected chi connectivity index (χ3v) is 3.57. The number of nitrogens with one attached hydrogen (secondary N) is 2. The van der Waals surface area contributed by atoms with Crippen LogP contribution in [0, 0.1) is 11.6 Å². The number of aromatic amines is 1. The van der Waals surface area contributed by atoms with Crippen LogP contribution < -0.4 is 5.32 Å². The molecule has 4 rings (SSSR count). The molecule has 3 aromatic rings. The lowest BCUT2D eigenvalue weighted by Gasteiger charge is -2.15. The number of nitrogens with zero attached hydrogens (tertiary/aromatic N) is 3. The number of rotatable bonds is 1. The normalized spacial score (nSPS) is 14.0. The Morgan fingerprint density at radius 3 is 2.90 bits per heavy atom. The highest BCUT2D eigenvalue weighted by molar-refractivity contribution is 5.91. The molecule has 0 radical (unpaired) electrons. The molecule has 0 saturated heterocycles. The Morgan fingerprint density at radius 1 is 1.14 bits per heavy atom. The van der Waals surface area contributed by atoms with Crippen LogP contribution in [0.3, 0.4) is 0 Å². The fourth-order valence-electron chi connectivity index (χ4n) is 2.53. The summed E-state index contributed by atoms with van der Waals surface area (Å²) in [4.78, 5) is 8.86. The molecule has 21 heavy (non-hydrogen) atoms. The first kappa shape index (κ1) is 12.2. The van der Waals surface area contributed by atoms with Crippen molar-refractivity contribution >= 4 is 16.7 Å². The van der Waals surface area contributed by atoms with Gasteiger partial charge in [-0.15, -0.1) is 0 Å². The SMILES string of the molecule is Fc1cc2[nH]nc(-c3cnc4c(n3)CCCN4)c2cc1F. The molecule has 2 N–H and O–H groups in total. The first-order chi connectivity index (χ1) is 10.2. The number of aromatic nitrogens is 4. The van der Waals surface area contributed by atoms with E-state index < -0.39 is 11.6 Å². The van der Waals surface area contributed by atoms with Crippen LogP contribution in [-0.2, 0) is 6.42 Å². The summed E-state index contributed by atoms with van der Waals surface area (Å²) in [6.45, 7) is 0.886. The zero-order chi connectivity index (χ0) is 14.4. The molecule has 1 aliphatic rings. The number of H-pyrrole nitrogens is 1. The number of hydrogen-bond donors (Lipinski definition) is 2. The minimum Gasteiger partial charge on any atom is -0.369 e. The predicted octanol–water partition coefficient (Wildman–Crippen LogP) is 2.66. The van der Waals surface area contributed by atoms with Crippen LogP contribution in [0.15, 0.2) is 18.3 Å². The average molecular weight is 287 g/mol. The summed E-state index contributed by atoms with van der Waals surface area (Å²) < 4.78 is 26.7. The van der Waals surface area contributed by atoms with E-state index >= 15 is 0 Å². The Kier molecular flexibility index (Phi) is 2.60. The van der Waals surface area contributed by atoms with E-state index in [2.05, 4.69) is 25.5 Å². The number of hydrogen-bond acceptors (Lipinski definition) is 4. The molecule has 0 aliphatic carbocycles. The topological polar surface area (TPSA) is 66.5 Å². The zero-order valence-electron chi connectivity index (χ0n) is 11.0. The number of halogens is 2. The van der Waals surface area contributed by atoms with Crippen molar-refractivity contribution < 1.29 is 8.78 Å². The molecule has 106 valence electrons. The fraction of sp³-hybridized carbons (Fsp3) is 0.214. The quantitative estimate of drug-likeness (QED) is 0.722. The van der Waals surface area contributed by atoms with E-state index in [0.717, 1.165) is 43.0 Å². The molecule has 0 spiro atoms. The molecule has 1 aromatic carbocycles. The second-order valence-electron chi connectivity index (χ2n) is 4.96. The van der Waals surface area contributed by atoms with E-state index in [1.54, 1.807) is 6.20 Å². The van der Waals surface area contributed by atoms with Crippen LogP contribution in [0.25, 0.3) is 22.3 Å². The maximum absolute atomic E-state index is 13.4. The van der Waals surface area contributed by atoms with Crippen LogP contribution >= 0.6 is 0 Å². The Balaban J connectivity index is 1.88. The molecule has 3 heterocycles. The highest BCUT2D eigenvalue weighted by Crippen LogP contribution is 2.28. The van der Waals surface area contributed by atoms with Gasteiger partial charge in [0.1, 0.15) is 17.2 Å². The average Bonchev–Trinajstić information content (AvgIpc) is 2.90.